The summed E-state index contributed by atoms with van der Waals surface area (Å²) < 4.78 is 13.3. The summed E-state index contributed by atoms with van der Waals surface area (Å²) in [5.41, 5.74) is 8.28. The Morgan fingerprint density at radius 2 is 2.00 bits per heavy atom. The van der Waals surface area contributed by atoms with Crippen molar-refractivity contribution in [2.45, 2.75) is 31.2 Å². The Hall–Kier alpha value is -1.09. The molecule has 1 aliphatic rings. The van der Waals surface area contributed by atoms with Crippen molar-refractivity contribution in [2.75, 3.05) is 19.0 Å². The minimum Gasteiger partial charge on any atom is -0.377 e. The minimum absolute atomic E-state index is 0.0767. The average molecular weight is 222 g/mol. The monoisotopic (exact) mass is 222 g/mol. The van der Waals surface area contributed by atoms with Crippen LogP contribution in [0.25, 0.3) is 0 Å². The Balaban J connectivity index is 2.49. The number of halogens is 1. The summed E-state index contributed by atoms with van der Waals surface area (Å²) in [7, 11) is 3.88. The quantitative estimate of drug-likeness (QED) is 0.850. The molecule has 1 fully saturated rings. The highest BCUT2D eigenvalue weighted by atomic mass is 19.1. The van der Waals surface area contributed by atoms with Gasteiger partial charge in [-0.05, 0) is 37.5 Å². The number of benzene rings is 1. The predicted molar refractivity (Wildman–Crippen MR) is 65.3 cm³/mol. The van der Waals surface area contributed by atoms with Crippen molar-refractivity contribution in [1.82, 2.24) is 0 Å². The van der Waals surface area contributed by atoms with E-state index in [1.54, 1.807) is 6.07 Å². The van der Waals surface area contributed by atoms with Gasteiger partial charge in [0, 0.05) is 31.2 Å². The molecule has 1 saturated carbocycles. The first-order chi connectivity index (χ1) is 7.47. The molecular formula is C13H19FN2. The highest BCUT2D eigenvalue weighted by Gasteiger charge is 2.48. The zero-order valence-corrected chi connectivity index (χ0v) is 10.1. The molecule has 1 aromatic rings. The third kappa shape index (κ3) is 1.69. The van der Waals surface area contributed by atoms with Crippen LogP contribution in [0.15, 0.2) is 18.2 Å². The van der Waals surface area contributed by atoms with E-state index in [1.165, 1.54) is 11.6 Å². The highest BCUT2D eigenvalue weighted by Crippen LogP contribution is 2.53. The Morgan fingerprint density at radius 3 is 2.44 bits per heavy atom. The van der Waals surface area contributed by atoms with Gasteiger partial charge in [-0.1, -0.05) is 6.07 Å². The van der Waals surface area contributed by atoms with Crippen LogP contribution >= 0.6 is 0 Å². The summed E-state index contributed by atoms with van der Waals surface area (Å²) in [4.78, 5) is 1.96. The van der Waals surface area contributed by atoms with Gasteiger partial charge in [0.05, 0.1) is 0 Å². The molecule has 1 atom stereocenters. The molecule has 1 unspecified atom stereocenters. The van der Waals surface area contributed by atoms with E-state index in [4.69, 9.17) is 5.73 Å². The van der Waals surface area contributed by atoms with Crippen LogP contribution in [0.5, 0.6) is 0 Å². The van der Waals surface area contributed by atoms with Crippen molar-refractivity contribution in [3.8, 4) is 0 Å². The lowest BCUT2D eigenvalue weighted by atomic mass is 9.88. The van der Waals surface area contributed by atoms with Crippen LogP contribution in [-0.2, 0) is 5.41 Å². The SMILES string of the molecule is CC(N)C1(c2ccc(F)cc2N(C)C)CC1. The van der Waals surface area contributed by atoms with Crippen LogP contribution in [0.2, 0.25) is 0 Å². The molecule has 3 heteroatoms. The van der Waals surface area contributed by atoms with Crippen LogP contribution in [0.4, 0.5) is 10.1 Å². The van der Waals surface area contributed by atoms with Crippen molar-refractivity contribution in [2.24, 2.45) is 5.73 Å². The summed E-state index contributed by atoms with van der Waals surface area (Å²) in [6.45, 7) is 2.04. The summed E-state index contributed by atoms with van der Waals surface area (Å²) in [6.07, 6.45) is 2.22. The van der Waals surface area contributed by atoms with E-state index in [2.05, 4.69) is 0 Å². The van der Waals surface area contributed by atoms with E-state index >= 15 is 0 Å². The van der Waals surface area contributed by atoms with Gasteiger partial charge in [-0.2, -0.15) is 0 Å². The molecule has 0 heterocycles. The van der Waals surface area contributed by atoms with Gasteiger partial charge in [-0.15, -0.1) is 0 Å². The van der Waals surface area contributed by atoms with Gasteiger partial charge in [0.15, 0.2) is 0 Å². The van der Waals surface area contributed by atoms with Crippen molar-refractivity contribution in [1.29, 1.82) is 0 Å². The summed E-state index contributed by atoms with van der Waals surface area (Å²) in [5, 5.41) is 0. The Bertz CT molecular complexity index is 395. The van der Waals surface area contributed by atoms with E-state index in [0.29, 0.717) is 0 Å². The van der Waals surface area contributed by atoms with Gasteiger partial charge in [-0.25, -0.2) is 4.39 Å². The lowest BCUT2D eigenvalue weighted by Gasteiger charge is -2.26. The fourth-order valence-electron chi connectivity index (χ4n) is 2.40. The van der Waals surface area contributed by atoms with E-state index in [0.717, 1.165) is 18.5 Å². The summed E-state index contributed by atoms with van der Waals surface area (Å²) in [6, 6.07) is 5.14. The number of hydrogen-bond donors (Lipinski definition) is 1. The van der Waals surface area contributed by atoms with Gasteiger partial charge in [-0.3, -0.25) is 0 Å². The maximum absolute atomic E-state index is 13.3. The first-order valence-corrected chi connectivity index (χ1v) is 5.70. The maximum atomic E-state index is 13.3. The van der Waals surface area contributed by atoms with Gasteiger partial charge in [0.25, 0.3) is 0 Å². The molecule has 16 heavy (non-hydrogen) atoms. The molecule has 2 N–H and O–H groups in total. The van der Waals surface area contributed by atoms with Crippen molar-refractivity contribution < 1.29 is 4.39 Å². The second-order valence-electron chi connectivity index (χ2n) is 5.00. The smallest absolute Gasteiger partial charge is 0.125 e. The summed E-state index contributed by atoms with van der Waals surface area (Å²) >= 11 is 0. The third-order valence-corrected chi connectivity index (χ3v) is 3.64. The zero-order valence-electron chi connectivity index (χ0n) is 10.1. The fraction of sp³-hybridized carbons (Fsp3) is 0.538. The van der Waals surface area contributed by atoms with E-state index in [-0.39, 0.29) is 17.3 Å². The van der Waals surface area contributed by atoms with Crippen LogP contribution in [-0.4, -0.2) is 20.1 Å². The van der Waals surface area contributed by atoms with E-state index < -0.39 is 0 Å². The van der Waals surface area contributed by atoms with E-state index in [1.807, 2.05) is 32.0 Å². The lowest BCUT2D eigenvalue weighted by Crippen LogP contribution is -2.33. The molecule has 2 nitrogen and oxygen atoms in total. The normalized spacial score (nSPS) is 19.3. The van der Waals surface area contributed by atoms with Crippen LogP contribution in [0, 0.1) is 5.82 Å². The van der Waals surface area contributed by atoms with Crippen molar-refractivity contribution in [3.63, 3.8) is 0 Å². The second-order valence-corrected chi connectivity index (χ2v) is 5.00. The number of hydrogen-bond acceptors (Lipinski definition) is 2. The highest BCUT2D eigenvalue weighted by molar-refractivity contribution is 5.58. The predicted octanol–water partition coefficient (Wildman–Crippen LogP) is 2.27. The first kappa shape index (κ1) is 11.4. The summed E-state index contributed by atoms with van der Waals surface area (Å²) in [5.74, 6) is -0.187. The molecule has 0 bridgehead atoms. The number of rotatable bonds is 3. The first-order valence-electron chi connectivity index (χ1n) is 5.70. The fourth-order valence-corrected chi connectivity index (χ4v) is 2.40. The topological polar surface area (TPSA) is 29.3 Å². The maximum Gasteiger partial charge on any atom is 0.125 e. The molecule has 0 radical (unpaired) electrons. The second kappa shape index (κ2) is 3.74. The average Bonchev–Trinajstić information content (AvgIpc) is 2.98. The lowest BCUT2D eigenvalue weighted by molar-refractivity contribution is 0.553. The van der Waals surface area contributed by atoms with Gasteiger partial charge in [0.2, 0.25) is 0 Å². The molecule has 1 aliphatic carbocycles. The number of nitrogens with two attached hydrogens (primary N) is 1. The molecule has 88 valence electrons. The van der Waals surface area contributed by atoms with Gasteiger partial charge < -0.3 is 10.6 Å². The van der Waals surface area contributed by atoms with E-state index in [9.17, 15) is 4.39 Å². The van der Waals surface area contributed by atoms with Crippen LogP contribution in [0.1, 0.15) is 25.3 Å². The van der Waals surface area contributed by atoms with Crippen molar-refractivity contribution in [3.05, 3.63) is 29.6 Å². The zero-order chi connectivity index (χ0) is 11.9. The molecule has 0 aromatic heterocycles. The van der Waals surface area contributed by atoms with Crippen LogP contribution in [0.3, 0.4) is 0 Å². The molecule has 1 aromatic carbocycles. The molecule has 0 spiro atoms. The third-order valence-electron chi connectivity index (χ3n) is 3.64. The number of anilines is 1. The van der Waals surface area contributed by atoms with Crippen LogP contribution < -0.4 is 10.6 Å². The molecule has 0 amide bonds. The Morgan fingerprint density at radius 1 is 1.38 bits per heavy atom. The molecule has 0 saturated heterocycles. The Labute approximate surface area is 96.2 Å². The standard InChI is InChI=1S/C13H19FN2/c1-9(15)13(6-7-13)11-5-4-10(14)8-12(11)16(2)3/h4-5,8-9H,6-7,15H2,1-3H3. The molecule has 2 rings (SSSR count). The minimum atomic E-state index is -0.187. The Kier molecular flexibility index (Phi) is 2.66. The number of nitrogens with zero attached hydrogens (tertiary/aromatic N) is 1. The van der Waals surface area contributed by atoms with Gasteiger partial charge >= 0.3 is 0 Å². The van der Waals surface area contributed by atoms with Gasteiger partial charge in [0.1, 0.15) is 5.82 Å². The molecular weight excluding hydrogens is 203 g/mol. The largest absolute Gasteiger partial charge is 0.377 e. The molecule has 0 aliphatic heterocycles. The van der Waals surface area contributed by atoms with Crippen molar-refractivity contribution >= 4 is 5.69 Å².